The number of benzene rings is 1. The van der Waals surface area contributed by atoms with Crippen molar-refractivity contribution in [3.8, 4) is 0 Å². The molecule has 0 radical (unpaired) electrons. The first kappa shape index (κ1) is 15.4. The Labute approximate surface area is 141 Å². The van der Waals surface area contributed by atoms with Crippen LogP contribution in [0.25, 0.3) is 5.65 Å². The predicted molar refractivity (Wildman–Crippen MR) is 85.2 cm³/mol. The average molecular weight is 344 g/mol. The van der Waals surface area contributed by atoms with Crippen LogP contribution >= 0.6 is 0 Å². The smallest absolute Gasteiger partial charge is 0.251 e. The molecule has 2 aromatic heterocycles. The van der Waals surface area contributed by atoms with Gasteiger partial charge < -0.3 is 10.2 Å². The second-order valence-electron chi connectivity index (χ2n) is 5.86. The number of rotatable bonds is 3. The normalized spacial score (nSPS) is 17.2. The Morgan fingerprint density at radius 2 is 2.08 bits per heavy atom. The molecule has 3 aromatic rings. The summed E-state index contributed by atoms with van der Waals surface area (Å²) in [6.45, 7) is 1.30. The molecule has 0 saturated carbocycles. The van der Waals surface area contributed by atoms with Crippen LogP contribution < -0.4 is 10.2 Å². The molecule has 1 N–H and O–H groups in total. The van der Waals surface area contributed by atoms with Crippen LogP contribution in [0.5, 0.6) is 0 Å². The van der Waals surface area contributed by atoms with Crippen molar-refractivity contribution in [2.45, 2.75) is 12.5 Å². The highest BCUT2D eigenvalue weighted by atomic mass is 19.2. The topological polar surface area (TPSA) is 75.4 Å². The lowest BCUT2D eigenvalue weighted by Crippen LogP contribution is -2.37. The minimum absolute atomic E-state index is 0.0981. The summed E-state index contributed by atoms with van der Waals surface area (Å²) in [5, 5.41) is 15.0. The highest BCUT2D eigenvalue weighted by Gasteiger charge is 2.25. The maximum atomic E-state index is 13.3. The monoisotopic (exact) mass is 344 g/mol. The van der Waals surface area contributed by atoms with Crippen molar-refractivity contribution in [1.29, 1.82) is 0 Å². The largest absolute Gasteiger partial charge is 0.353 e. The zero-order chi connectivity index (χ0) is 17.4. The van der Waals surface area contributed by atoms with Crippen molar-refractivity contribution >= 4 is 17.4 Å². The van der Waals surface area contributed by atoms with Crippen LogP contribution in [0.2, 0.25) is 0 Å². The number of nitrogens with zero attached hydrogens (tertiary/aromatic N) is 5. The van der Waals surface area contributed by atoms with Crippen LogP contribution in [0.15, 0.2) is 36.7 Å². The van der Waals surface area contributed by atoms with Gasteiger partial charge in [0, 0.05) is 24.7 Å². The van der Waals surface area contributed by atoms with E-state index in [0.717, 1.165) is 30.9 Å². The first-order valence-electron chi connectivity index (χ1n) is 7.78. The fourth-order valence-corrected chi connectivity index (χ4v) is 2.88. The lowest BCUT2D eigenvalue weighted by Gasteiger charge is -2.17. The van der Waals surface area contributed by atoms with Gasteiger partial charge in [-0.25, -0.2) is 8.78 Å². The first-order valence-corrected chi connectivity index (χ1v) is 7.78. The van der Waals surface area contributed by atoms with Crippen molar-refractivity contribution < 1.29 is 13.6 Å². The second-order valence-corrected chi connectivity index (χ2v) is 5.86. The molecule has 9 heteroatoms. The number of halogens is 2. The number of amides is 1. The maximum Gasteiger partial charge on any atom is 0.251 e. The molecule has 1 amide bonds. The molecular formula is C16H14F2N6O. The number of carbonyl (C=O) groups excluding carboxylic acids is 1. The molecule has 4 rings (SSSR count). The van der Waals surface area contributed by atoms with Crippen molar-refractivity contribution in [3.63, 3.8) is 0 Å². The summed E-state index contributed by atoms with van der Waals surface area (Å²) in [7, 11) is 0. The van der Waals surface area contributed by atoms with Gasteiger partial charge >= 0.3 is 0 Å². The number of anilines is 1. The summed E-state index contributed by atoms with van der Waals surface area (Å²) in [6, 6.07) is 6.69. The molecule has 0 aliphatic carbocycles. The van der Waals surface area contributed by atoms with Gasteiger partial charge in [-0.3, -0.25) is 4.79 Å². The highest BCUT2D eigenvalue weighted by molar-refractivity contribution is 5.94. The molecule has 1 saturated heterocycles. The number of carbonyl (C=O) groups is 1. The van der Waals surface area contributed by atoms with Gasteiger partial charge in [0.05, 0.1) is 0 Å². The molecule has 0 spiro atoms. The zero-order valence-corrected chi connectivity index (χ0v) is 13.1. The molecule has 3 heterocycles. The lowest BCUT2D eigenvalue weighted by molar-refractivity contribution is 0.0940. The molecular weight excluding hydrogens is 330 g/mol. The van der Waals surface area contributed by atoms with Gasteiger partial charge in [-0.1, -0.05) is 0 Å². The molecule has 7 nitrogen and oxygen atoms in total. The van der Waals surface area contributed by atoms with Crippen LogP contribution in [0.4, 0.5) is 14.6 Å². The summed E-state index contributed by atoms with van der Waals surface area (Å²) in [5.74, 6) is -1.67. The molecule has 1 aromatic carbocycles. The van der Waals surface area contributed by atoms with Crippen molar-refractivity contribution in [2.24, 2.45) is 0 Å². The highest BCUT2D eigenvalue weighted by Crippen LogP contribution is 2.18. The van der Waals surface area contributed by atoms with E-state index in [9.17, 15) is 13.6 Å². The summed E-state index contributed by atoms with van der Waals surface area (Å²) in [6.07, 6.45) is 2.26. The standard InChI is InChI=1S/C16H14F2N6O/c17-12-2-1-10(7-13(12)18)16(25)20-11-5-6-23(8-11)15-4-3-14-21-19-9-24(14)22-15/h1-4,7,9,11H,5-6,8H2,(H,20,25)/t11-/m0/s1. The molecule has 1 fully saturated rings. The summed E-state index contributed by atoms with van der Waals surface area (Å²) in [5.41, 5.74) is 0.757. The predicted octanol–water partition coefficient (Wildman–Crippen LogP) is 1.41. The Balaban J connectivity index is 1.43. The van der Waals surface area contributed by atoms with Crippen LogP contribution in [-0.4, -0.2) is 44.8 Å². The number of nitrogens with one attached hydrogen (secondary N) is 1. The van der Waals surface area contributed by atoms with Crippen LogP contribution in [0, 0.1) is 11.6 Å². The molecule has 128 valence electrons. The van der Waals surface area contributed by atoms with Gasteiger partial charge in [-0.05, 0) is 36.8 Å². The van der Waals surface area contributed by atoms with Crippen LogP contribution in [0.1, 0.15) is 16.8 Å². The number of hydrogen-bond acceptors (Lipinski definition) is 5. The first-order chi connectivity index (χ1) is 12.1. The third kappa shape index (κ3) is 3.00. The summed E-state index contributed by atoms with van der Waals surface area (Å²) < 4.78 is 27.8. The molecule has 0 unspecified atom stereocenters. The zero-order valence-electron chi connectivity index (χ0n) is 13.1. The van der Waals surface area contributed by atoms with Crippen molar-refractivity contribution in [3.05, 3.63) is 53.9 Å². The van der Waals surface area contributed by atoms with Crippen molar-refractivity contribution in [1.82, 2.24) is 25.1 Å². The summed E-state index contributed by atoms with van der Waals surface area (Å²) in [4.78, 5) is 14.2. The minimum Gasteiger partial charge on any atom is -0.353 e. The third-order valence-electron chi connectivity index (χ3n) is 4.18. The Morgan fingerprint density at radius 1 is 1.20 bits per heavy atom. The fraction of sp³-hybridized carbons (Fsp3) is 0.250. The van der Waals surface area contributed by atoms with Crippen LogP contribution in [0.3, 0.4) is 0 Å². The lowest BCUT2D eigenvalue weighted by atomic mass is 10.1. The Morgan fingerprint density at radius 3 is 2.92 bits per heavy atom. The van der Waals surface area contributed by atoms with E-state index in [1.807, 2.05) is 17.0 Å². The van der Waals surface area contributed by atoms with Gasteiger partial charge in [0.15, 0.2) is 17.3 Å². The number of hydrogen-bond donors (Lipinski definition) is 1. The van der Waals surface area contributed by atoms with Crippen LogP contribution in [-0.2, 0) is 0 Å². The molecule has 1 aliphatic heterocycles. The van der Waals surface area contributed by atoms with Gasteiger partial charge in [0.1, 0.15) is 12.1 Å². The Hall–Kier alpha value is -3.10. The van der Waals surface area contributed by atoms with E-state index in [1.54, 1.807) is 4.52 Å². The van der Waals surface area contributed by atoms with E-state index in [-0.39, 0.29) is 11.6 Å². The van der Waals surface area contributed by atoms with E-state index in [2.05, 4.69) is 20.6 Å². The van der Waals surface area contributed by atoms with E-state index in [1.165, 1.54) is 12.4 Å². The van der Waals surface area contributed by atoms with Gasteiger partial charge in [0.2, 0.25) is 0 Å². The molecule has 0 bridgehead atoms. The maximum absolute atomic E-state index is 13.3. The molecule has 25 heavy (non-hydrogen) atoms. The van der Waals surface area contributed by atoms with Gasteiger partial charge in [-0.15, -0.1) is 15.3 Å². The molecule has 1 atom stereocenters. The summed E-state index contributed by atoms with van der Waals surface area (Å²) >= 11 is 0. The molecule has 1 aliphatic rings. The van der Waals surface area contributed by atoms with Gasteiger partial charge in [0.25, 0.3) is 5.91 Å². The van der Waals surface area contributed by atoms with E-state index >= 15 is 0 Å². The second kappa shape index (κ2) is 6.08. The average Bonchev–Trinajstić information content (AvgIpc) is 3.25. The van der Waals surface area contributed by atoms with E-state index in [0.29, 0.717) is 12.2 Å². The van der Waals surface area contributed by atoms with Crippen molar-refractivity contribution in [2.75, 3.05) is 18.0 Å². The quantitative estimate of drug-likeness (QED) is 0.778. The minimum atomic E-state index is -1.04. The fourth-order valence-electron chi connectivity index (χ4n) is 2.88. The SMILES string of the molecule is O=C(N[C@H]1CCN(c2ccc3nncn3n2)C1)c1ccc(F)c(F)c1. The third-order valence-corrected chi connectivity index (χ3v) is 4.18. The van der Waals surface area contributed by atoms with Gasteiger partial charge in [-0.2, -0.15) is 4.52 Å². The van der Waals surface area contributed by atoms with E-state index < -0.39 is 17.5 Å². The number of fused-ring (bicyclic) bond motifs is 1. The number of aromatic nitrogens is 4. The Kier molecular flexibility index (Phi) is 3.75. The Bertz CT molecular complexity index is 943. The van der Waals surface area contributed by atoms with E-state index in [4.69, 9.17) is 0 Å².